The lowest BCUT2D eigenvalue weighted by Crippen LogP contribution is -2.12. The molecule has 0 aliphatic rings. The van der Waals surface area contributed by atoms with E-state index in [1.807, 2.05) is 37.3 Å². The summed E-state index contributed by atoms with van der Waals surface area (Å²) in [7, 11) is 0. The van der Waals surface area contributed by atoms with Crippen LogP contribution in [0.15, 0.2) is 42.6 Å². The largest absolute Gasteiger partial charge is 0.399 e. The minimum atomic E-state index is 0.00225. The maximum Gasteiger partial charge on any atom is 0.224 e. The Morgan fingerprint density at radius 1 is 1.26 bits per heavy atom. The Labute approximate surface area is 112 Å². The zero-order valence-electron chi connectivity index (χ0n) is 10.9. The molecule has 1 aromatic heterocycles. The van der Waals surface area contributed by atoms with E-state index in [0.29, 0.717) is 12.8 Å². The number of nitrogens with two attached hydrogens (primary N) is 1. The molecule has 4 heteroatoms. The van der Waals surface area contributed by atoms with Gasteiger partial charge in [0.2, 0.25) is 5.91 Å². The van der Waals surface area contributed by atoms with Gasteiger partial charge in [-0.15, -0.1) is 0 Å². The first-order valence-corrected chi connectivity index (χ1v) is 6.20. The van der Waals surface area contributed by atoms with Crippen molar-refractivity contribution in [2.75, 3.05) is 11.1 Å². The van der Waals surface area contributed by atoms with Crippen molar-refractivity contribution in [1.29, 1.82) is 0 Å². The molecule has 0 fully saturated rings. The van der Waals surface area contributed by atoms with E-state index in [1.165, 1.54) is 0 Å². The fraction of sp³-hybridized carbons (Fsp3) is 0.200. The van der Waals surface area contributed by atoms with Crippen LogP contribution in [0.2, 0.25) is 0 Å². The molecule has 0 radical (unpaired) electrons. The van der Waals surface area contributed by atoms with Gasteiger partial charge in [-0.05, 0) is 43.2 Å². The van der Waals surface area contributed by atoms with Gasteiger partial charge in [-0.2, -0.15) is 0 Å². The van der Waals surface area contributed by atoms with Crippen LogP contribution in [-0.4, -0.2) is 10.9 Å². The Kier molecular flexibility index (Phi) is 4.13. The van der Waals surface area contributed by atoms with Crippen LogP contribution < -0.4 is 11.1 Å². The standard InChI is InChI=1S/C15H17N3O/c1-11-10-14(8-9-17-11)18-15(19)7-4-12-2-5-13(16)6-3-12/h2-3,5-6,8-10H,4,7,16H2,1H3,(H,17,18,19). The first-order valence-electron chi connectivity index (χ1n) is 6.20. The quantitative estimate of drug-likeness (QED) is 0.825. The van der Waals surface area contributed by atoms with Crippen molar-refractivity contribution in [3.8, 4) is 0 Å². The van der Waals surface area contributed by atoms with Crippen molar-refractivity contribution in [3.05, 3.63) is 53.9 Å². The molecular formula is C15H17N3O. The summed E-state index contributed by atoms with van der Waals surface area (Å²) in [5.41, 5.74) is 9.13. The lowest BCUT2D eigenvalue weighted by molar-refractivity contribution is -0.116. The number of carbonyl (C=O) groups is 1. The number of carbonyl (C=O) groups excluding carboxylic acids is 1. The molecule has 1 amide bonds. The summed E-state index contributed by atoms with van der Waals surface area (Å²) in [6.45, 7) is 1.89. The second-order valence-corrected chi connectivity index (χ2v) is 4.48. The number of amides is 1. The highest BCUT2D eigenvalue weighted by Crippen LogP contribution is 2.10. The molecule has 0 atom stereocenters. The van der Waals surface area contributed by atoms with E-state index >= 15 is 0 Å². The average molecular weight is 255 g/mol. The minimum Gasteiger partial charge on any atom is -0.399 e. The lowest BCUT2D eigenvalue weighted by Gasteiger charge is -2.06. The SMILES string of the molecule is Cc1cc(NC(=O)CCc2ccc(N)cc2)ccn1. The number of rotatable bonds is 4. The first-order chi connectivity index (χ1) is 9.13. The van der Waals surface area contributed by atoms with E-state index in [1.54, 1.807) is 12.3 Å². The first kappa shape index (κ1) is 13.1. The molecule has 0 aliphatic heterocycles. The minimum absolute atomic E-state index is 0.00225. The van der Waals surface area contributed by atoms with Crippen molar-refractivity contribution in [1.82, 2.24) is 4.98 Å². The molecule has 1 aromatic carbocycles. The second-order valence-electron chi connectivity index (χ2n) is 4.48. The molecule has 0 saturated heterocycles. The third kappa shape index (κ3) is 4.10. The highest BCUT2D eigenvalue weighted by Gasteiger charge is 2.03. The summed E-state index contributed by atoms with van der Waals surface area (Å²) < 4.78 is 0. The van der Waals surface area contributed by atoms with E-state index in [4.69, 9.17) is 5.73 Å². The van der Waals surface area contributed by atoms with Crippen LogP contribution in [0.1, 0.15) is 17.7 Å². The lowest BCUT2D eigenvalue weighted by atomic mass is 10.1. The van der Waals surface area contributed by atoms with E-state index in [-0.39, 0.29) is 5.91 Å². The predicted octanol–water partition coefficient (Wildman–Crippen LogP) is 2.54. The number of nitrogen functional groups attached to an aromatic ring is 1. The molecular weight excluding hydrogens is 238 g/mol. The Morgan fingerprint density at radius 3 is 2.68 bits per heavy atom. The average Bonchev–Trinajstić information content (AvgIpc) is 2.38. The van der Waals surface area contributed by atoms with Crippen LogP contribution in [0.5, 0.6) is 0 Å². The highest BCUT2D eigenvalue weighted by molar-refractivity contribution is 5.90. The maximum atomic E-state index is 11.8. The molecule has 3 N–H and O–H groups in total. The summed E-state index contributed by atoms with van der Waals surface area (Å²) in [6.07, 6.45) is 2.84. The van der Waals surface area contributed by atoms with Gasteiger partial charge in [-0.1, -0.05) is 12.1 Å². The molecule has 98 valence electrons. The summed E-state index contributed by atoms with van der Waals surface area (Å²) in [5, 5.41) is 2.86. The smallest absolute Gasteiger partial charge is 0.224 e. The van der Waals surface area contributed by atoms with Crippen LogP contribution in [-0.2, 0) is 11.2 Å². The molecule has 4 nitrogen and oxygen atoms in total. The molecule has 19 heavy (non-hydrogen) atoms. The Bertz CT molecular complexity index is 564. The molecule has 0 spiro atoms. The van der Waals surface area contributed by atoms with Gasteiger partial charge < -0.3 is 11.1 Å². The highest BCUT2D eigenvalue weighted by atomic mass is 16.1. The van der Waals surface area contributed by atoms with Gasteiger partial charge in [-0.25, -0.2) is 0 Å². The Morgan fingerprint density at radius 2 is 2.00 bits per heavy atom. The second kappa shape index (κ2) is 6.00. The van der Waals surface area contributed by atoms with Crippen molar-refractivity contribution < 1.29 is 4.79 Å². The van der Waals surface area contributed by atoms with Crippen LogP contribution in [0.3, 0.4) is 0 Å². The monoisotopic (exact) mass is 255 g/mol. The van der Waals surface area contributed by atoms with Crippen molar-refractivity contribution >= 4 is 17.3 Å². The molecule has 2 aromatic rings. The van der Waals surface area contributed by atoms with Gasteiger partial charge in [0.1, 0.15) is 0 Å². The number of hydrogen-bond donors (Lipinski definition) is 2. The molecule has 0 saturated carbocycles. The molecule has 2 rings (SSSR count). The van der Waals surface area contributed by atoms with E-state index < -0.39 is 0 Å². The third-order valence-corrected chi connectivity index (χ3v) is 2.80. The maximum absolute atomic E-state index is 11.8. The van der Waals surface area contributed by atoms with Crippen LogP contribution in [0.4, 0.5) is 11.4 Å². The van der Waals surface area contributed by atoms with Crippen LogP contribution in [0.25, 0.3) is 0 Å². The van der Waals surface area contributed by atoms with Gasteiger partial charge in [0.15, 0.2) is 0 Å². The van der Waals surface area contributed by atoms with Gasteiger partial charge in [0.05, 0.1) is 0 Å². The van der Waals surface area contributed by atoms with Gasteiger partial charge >= 0.3 is 0 Å². The zero-order valence-corrected chi connectivity index (χ0v) is 10.9. The predicted molar refractivity (Wildman–Crippen MR) is 76.8 cm³/mol. The van der Waals surface area contributed by atoms with Crippen molar-refractivity contribution in [2.24, 2.45) is 0 Å². The fourth-order valence-electron chi connectivity index (χ4n) is 1.79. The topological polar surface area (TPSA) is 68.0 Å². The molecule has 1 heterocycles. The van der Waals surface area contributed by atoms with E-state index in [9.17, 15) is 4.79 Å². The number of hydrogen-bond acceptors (Lipinski definition) is 3. The Hall–Kier alpha value is -2.36. The van der Waals surface area contributed by atoms with Gasteiger partial charge in [0, 0.05) is 29.7 Å². The fourth-order valence-corrected chi connectivity index (χ4v) is 1.79. The van der Waals surface area contributed by atoms with E-state index in [0.717, 1.165) is 22.6 Å². The van der Waals surface area contributed by atoms with Crippen LogP contribution >= 0.6 is 0 Å². The van der Waals surface area contributed by atoms with Crippen molar-refractivity contribution in [2.45, 2.75) is 19.8 Å². The summed E-state index contributed by atoms with van der Waals surface area (Å²) in [5.74, 6) is 0.00225. The van der Waals surface area contributed by atoms with Gasteiger partial charge in [-0.3, -0.25) is 9.78 Å². The number of benzene rings is 1. The molecule has 0 aliphatic carbocycles. The number of nitrogens with one attached hydrogen (secondary N) is 1. The zero-order chi connectivity index (χ0) is 13.7. The number of nitrogens with zero attached hydrogens (tertiary/aromatic N) is 1. The number of pyridine rings is 1. The summed E-state index contributed by atoms with van der Waals surface area (Å²) >= 11 is 0. The third-order valence-electron chi connectivity index (χ3n) is 2.80. The normalized spacial score (nSPS) is 10.2. The summed E-state index contributed by atoms with van der Waals surface area (Å²) in [4.78, 5) is 15.9. The van der Waals surface area contributed by atoms with Crippen LogP contribution in [0, 0.1) is 6.92 Å². The molecule has 0 unspecified atom stereocenters. The summed E-state index contributed by atoms with van der Waals surface area (Å²) in [6, 6.07) is 11.2. The number of anilines is 2. The number of aromatic nitrogens is 1. The molecule has 0 bridgehead atoms. The number of aryl methyl sites for hydroxylation is 2. The van der Waals surface area contributed by atoms with E-state index in [2.05, 4.69) is 10.3 Å². The Balaban J connectivity index is 1.86. The van der Waals surface area contributed by atoms with Gasteiger partial charge in [0.25, 0.3) is 0 Å². The van der Waals surface area contributed by atoms with Crippen molar-refractivity contribution in [3.63, 3.8) is 0 Å².